The Morgan fingerprint density at radius 2 is 1.90 bits per heavy atom. The second kappa shape index (κ2) is 7.55. The van der Waals surface area contributed by atoms with Crippen molar-refractivity contribution < 1.29 is 28.6 Å². The number of methoxy groups -OCH3 is 2. The van der Waals surface area contributed by atoms with E-state index in [1.807, 2.05) is 0 Å². The summed E-state index contributed by atoms with van der Waals surface area (Å²) in [5.41, 5.74) is 1.47. The van der Waals surface area contributed by atoms with Crippen molar-refractivity contribution in [3.8, 4) is 17.2 Å². The number of fused-ring (bicyclic) bond motifs is 1. The van der Waals surface area contributed by atoms with Gasteiger partial charge in [0.05, 0.1) is 31.3 Å². The van der Waals surface area contributed by atoms with Crippen molar-refractivity contribution in [3.05, 3.63) is 71.3 Å². The summed E-state index contributed by atoms with van der Waals surface area (Å²) in [6, 6.07) is 11.3. The Hall–Kier alpha value is -3.81. The van der Waals surface area contributed by atoms with Gasteiger partial charge in [-0.15, -0.1) is 0 Å². The molecule has 1 amide bonds. The third-order valence-corrected chi connectivity index (χ3v) is 5.18. The largest absolute Gasteiger partial charge is 0.493 e. The Balaban J connectivity index is 1.97. The van der Waals surface area contributed by atoms with Gasteiger partial charge >= 0.3 is 5.97 Å². The number of anilines is 1. The van der Waals surface area contributed by atoms with E-state index in [0.717, 1.165) is 5.56 Å². The molecule has 0 saturated heterocycles. The third kappa shape index (κ3) is 3.16. The normalized spacial score (nSPS) is 15.3. The van der Waals surface area contributed by atoms with Gasteiger partial charge in [-0.25, -0.2) is 9.18 Å². The van der Waals surface area contributed by atoms with Crippen molar-refractivity contribution in [2.75, 3.05) is 19.5 Å². The number of para-hydroxylation sites is 1. The number of aromatic carboxylic acids is 1. The summed E-state index contributed by atoms with van der Waals surface area (Å²) >= 11 is 0. The lowest BCUT2D eigenvalue weighted by Gasteiger charge is -2.26. The quantitative estimate of drug-likeness (QED) is 0.668. The van der Waals surface area contributed by atoms with Gasteiger partial charge in [0.15, 0.2) is 11.5 Å². The summed E-state index contributed by atoms with van der Waals surface area (Å²) in [4.78, 5) is 24.3. The monoisotopic (exact) mass is 410 g/mol. The number of halogens is 1. The van der Waals surface area contributed by atoms with E-state index in [9.17, 15) is 19.1 Å². The number of hydrogen-bond acceptors (Lipinski definition) is 4. The van der Waals surface area contributed by atoms with Crippen LogP contribution >= 0.6 is 0 Å². The minimum atomic E-state index is -1.21. The van der Waals surface area contributed by atoms with Crippen molar-refractivity contribution in [2.45, 2.75) is 12.3 Å². The third-order valence-electron chi connectivity index (χ3n) is 5.18. The first-order valence-electron chi connectivity index (χ1n) is 9.19. The van der Waals surface area contributed by atoms with Gasteiger partial charge in [-0.1, -0.05) is 18.2 Å². The average molecular weight is 410 g/mol. The van der Waals surface area contributed by atoms with Gasteiger partial charge in [-0.3, -0.25) is 4.79 Å². The van der Waals surface area contributed by atoms with E-state index in [2.05, 4.69) is 5.32 Å². The average Bonchev–Trinajstić information content (AvgIpc) is 3.12. The maximum Gasteiger partial charge on any atom is 0.339 e. The SMILES string of the molecule is COc1ccc([C@H]2CC(=O)Nc3c(C(=O)O)cn(-c4ccccc4F)c32)cc1OC. The molecule has 7 nitrogen and oxygen atoms in total. The predicted octanol–water partition coefficient (Wildman–Crippen LogP) is 3.81. The van der Waals surface area contributed by atoms with E-state index in [4.69, 9.17) is 9.47 Å². The first-order valence-corrected chi connectivity index (χ1v) is 9.19. The van der Waals surface area contributed by atoms with Crippen molar-refractivity contribution in [1.29, 1.82) is 0 Å². The Morgan fingerprint density at radius 1 is 1.17 bits per heavy atom. The smallest absolute Gasteiger partial charge is 0.339 e. The molecule has 0 fully saturated rings. The van der Waals surface area contributed by atoms with E-state index in [1.54, 1.807) is 36.4 Å². The van der Waals surface area contributed by atoms with Gasteiger partial charge in [-0.05, 0) is 29.8 Å². The summed E-state index contributed by atoms with van der Waals surface area (Å²) in [5.74, 6) is -1.55. The Bertz CT molecular complexity index is 1150. The summed E-state index contributed by atoms with van der Waals surface area (Å²) < 4.78 is 26.7. The number of carboxylic acid groups (broad SMARTS) is 1. The number of hydrogen-bond donors (Lipinski definition) is 2. The van der Waals surface area contributed by atoms with Gasteiger partial charge in [0.1, 0.15) is 11.4 Å². The fourth-order valence-electron chi connectivity index (χ4n) is 3.82. The number of nitrogens with zero attached hydrogens (tertiary/aromatic N) is 1. The van der Waals surface area contributed by atoms with Gasteiger partial charge in [0.25, 0.3) is 0 Å². The lowest BCUT2D eigenvalue weighted by molar-refractivity contribution is -0.116. The van der Waals surface area contributed by atoms with Crippen molar-refractivity contribution >= 4 is 17.6 Å². The molecular weight excluding hydrogens is 391 g/mol. The summed E-state index contributed by atoms with van der Waals surface area (Å²) in [6.07, 6.45) is 1.41. The standard InChI is InChI=1S/C22H19FN2O5/c1-29-17-8-7-12(9-18(17)30-2)13-10-19(26)24-20-14(22(27)28)11-25(21(13)20)16-6-4-3-5-15(16)23/h3-9,11,13H,10H2,1-2H3,(H,24,26)(H,27,28)/t13-/m1/s1. The Morgan fingerprint density at radius 3 is 2.57 bits per heavy atom. The van der Waals surface area contributed by atoms with Crippen LogP contribution in [0.25, 0.3) is 5.69 Å². The molecule has 0 unspecified atom stereocenters. The molecule has 0 saturated carbocycles. The number of benzene rings is 2. The maximum absolute atomic E-state index is 14.6. The number of aromatic nitrogens is 1. The van der Waals surface area contributed by atoms with Crippen LogP contribution < -0.4 is 14.8 Å². The van der Waals surface area contributed by atoms with Gasteiger partial charge in [0.2, 0.25) is 5.91 Å². The zero-order valence-corrected chi connectivity index (χ0v) is 16.3. The van der Waals surface area contributed by atoms with Crippen LogP contribution in [0.1, 0.15) is 34.0 Å². The van der Waals surface area contributed by atoms with E-state index >= 15 is 0 Å². The first-order chi connectivity index (χ1) is 14.4. The molecule has 0 radical (unpaired) electrons. The highest BCUT2D eigenvalue weighted by Gasteiger charge is 2.35. The molecule has 3 aromatic rings. The molecule has 2 aromatic carbocycles. The van der Waals surface area contributed by atoms with Crippen LogP contribution in [0.5, 0.6) is 11.5 Å². The molecule has 0 bridgehead atoms. The molecule has 4 rings (SSSR count). The molecule has 8 heteroatoms. The Labute approximate surface area is 171 Å². The molecule has 154 valence electrons. The summed E-state index contributed by atoms with van der Waals surface area (Å²) in [7, 11) is 3.03. The molecule has 0 spiro atoms. The highest BCUT2D eigenvalue weighted by Crippen LogP contribution is 2.43. The summed E-state index contributed by atoms with van der Waals surface area (Å²) in [5, 5.41) is 12.3. The highest BCUT2D eigenvalue weighted by molar-refractivity contribution is 6.04. The number of nitrogens with one attached hydrogen (secondary N) is 1. The van der Waals surface area contributed by atoms with E-state index in [-0.39, 0.29) is 29.3 Å². The first kappa shape index (κ1) is 19.5. The molecule has 1 atom stereocenters. The minimum absolute atomic E-state index is 0.0695. The van der Waals surface area contributed by atoms with Crippen LogP contribution in [-0.4, -0.2) is 35.8 Å². The molecule has 1 aliphatic rings. The van der Waals surface area contributed by atoms with Crippen molar-refractivity contribution in [3.63, 3.8) is 0 Å². The van der Waals surface area contributed by atoms with Crippen LogP contribution in [-0.2, 0) is 4.79 Å². The van der Waals surface area contributed by atoms with Crippen LogP contribution in [0.4, 0.5) is 10.1 Å². The molecule has 1 aliphatic heterocycles. The molecule has 1 aromatic heterocycles. The lowest BCUT2D eigenvalue weighted by Crippen LogP contribution is -2.25. The number of carboxylic acids is 1. The molecule has 0 aliphatic carbocycles. The Kier molecular flexibility index (Phi) is 4.91. The lowest BCUT2D eigenvalue weighted by atomic mass is 9.88. The van der Waals surface area contributed by atoms with Crippen LogP contribution in [0.2, 0.25) is 0 Å². The topological polar surface area (TPSA) is 89.8 Å². The number of ether oxygens (including phenoxy) is 2. The minimum Gasteiger partial charge on any atom is -0.493 e. The van der Waals surface area contributed by atoms with Gasteiger partial charge < -0.3 is 24.5 Å². The highest BCUT2D eigenvalue weighted by atomic mass is 19.1. The zero-order chi connectivity index (χ0) is 21.4. The van der Waals surface area contributed by atoms with Crippen molar-refractivity contribution in [1.82, 2.24) is 4.57 Å². The second-order valence-electron chi connectivity index (χ2n) is 6.85. The van der Waals surface area contributed by atoms with Crippen LogP contribution in [0.3, 0.4) is 0 Å². The van der Waals surface area contributed by atoms with Crippen molar-refractivity contribution in [2.24, 2.45) is 0 Å². The van der Waals surface area contributed by atoms with Gasteiger partial charge in [0, 0.05) is 18.5 Å². The second-order valence-corrected chi connectivity index (χ2v) is 6.85. The molecule has 2 heterocycles. The van der Waals surface area contributed by atoms with E-state index in [1.165, 1.54) is 31.0 Å². The number of carbonyl (C=O) groups is 2. The van der Waals surface area contributed by atoms with Gasteiger partial charge in [-0.2, -0.15) is 0 Å². The van der Waals surface area contributed by atoms with Crippen LogP contribution in [0, 0.1) is 5.82 Å². The van der Waals surface area contributed by atoms with Crippen LogP contribution in [0.15, 0.2) is 48.7 Å². The number of carbonyl (C=O) groups excluding carboxylic acids is 1. The fourth-order valence-corrected chi connectivity index (χ4v) is 3.82. The van der Waals surface area contributed by atoms with E-state index in [0.29, 0.717) is 17.2 Å². The predicted molar refractivity (Wildman–Crippen MR) is 107 cm³/mol. The molecule has 30 heavy (non-hydrogen) atoms. The maximum atomic E-state index is 14.6. The van der Waals surface area contributed by atoms with E-state index < -0.39 is 17.7 Å². The number of amides is 1. The molecule has 2 N–H and O–H groups in total. The molecular formula is C22H19FN2O5. The fraction of sp³-hybridized carbons (Fsp3) is 0.182. The zero-order valence-electron chi connectivity index (χ0n) is 16.3. The summed E-state index contributed by atoms with van der Waals surface area (Å²) in [6.45, 7) is 0. The number of rotatable bonds is 5.